The second-order valence-electron chi connectivity index (χ2n) is 8.24. The molecular formula is C25H28N6O. The van der Waals surface area contributed by atoms with Crippen molar-refractivity contribution in [1.82, 2.24) is 15.2 Å². The van der Waals surface area contributed by atoms with Gasteiger partial charge in [0.1, 0.15) is 5.75 Å². The van der Waals surface area contributed by atoms with E-state index in [-0.39, 0.29) is 5.75 Å². The normalized spacial score (nSPS) is 11.9. The second-order valence-corrected chi connectivity index (χ2v) is 8.24. The number of phenolic OH excluding ortho intramolecular Hbond substituents is 1. The van der Waals surface area contributed by atoms with E-state index < -0.39 is 0 Å². The molecule has 0 radical (unpaired) electrons. The Bertz CT molecular complexity index is 1300. The van der Waals surface area contributed by atoms with Gasteiger partial charge in [0.15, 0.2) is 0 Å². The van der Waals surface area contributed by atoms with E-state index >= 15 is 0 Å². The van der Waals surface area contributed by atoms with E-state index in [0.29, 0.717) is 17.9 Å². The highest BCUT2D eigenvalue weighted by Gasteiger charge is 2.08. The van der Waals surface area contributed by atoms with Crippen molar-refractivity contribution in [2.45, 2.75) is 13.5 Å². The molecule has 0 aliphatic carbocycles. The minimum absolute atomic E-state index is 0.244. The number of benzene rings is 3. The molecule has 164 valence electrons. The fourth-order valence-electron chi connectivity index (χ4n) is 3.56. The number of likely N-dealkylation sites (N-methyl/N-ethyl adjacent to an activating group) is 1. The molecule has 0 spiro atoms. The Labute approximate surface area is 187 Å². The van der Waals surface area contributed by atoms with E-state index in [4.69, 9.17) is 10.7 Å². The van der Waals surface area contributed by atoms with Gasteiger partial charge in [-0.25, -0.2) is 4.98 Å². The molecule has 4 N–H and O–H groups in total. The lowest BCUT2D eigenvalue weighted by Crippen LogP contribution is -2.26. The molecule has 0 saturated carbocycles. The summed E-state index contributed by atoms with van der Waals surface area (Å²) in [5.74, 6) is 0.244. The van der Waals surface area contributed by atoms with Crippen molar-refractivity contribution >= 4 is 38.9 Å². The van der Waals surface area contributed by atoms with Crippen molar-refractivity contribution in [3.63, 3.8) is 0 Å². The molecule has 0 aliphatic rings. The number of pyridine rings is 1. The number of anilines is 1. The Morgan fingerprint density at radius 2 is 1.69 bits per heavy atom. The summed E-state index contributed by atoms with van der Waals surface area (Å²) in [4.78, 5) is 6.85. The summed E-state index contributed by atoms with van der Waals surface area (Å²) >= 11 is 0. The maximum absolute atomic E-state index is 10.1. The van der Waals surface area contributed by atoms with Crippen LogP contribution >= 0.6 is 0 Å². The van der Waals surface area contributed by atoms with Crippen molar-refractivity contribution in [3.05, 3.63) is 65.7 Å². The first-order valence-corrected chi connectivity index (χ1v) is 10.6. The van der Waals surface area contributed by atoms with E-state index in [1.54, 1.807) is 12.1 Å². The third kappa shape index (κ3) is 4.85. The lowest BCUT2D eigenvalue weighted by Gasteiger charge is -2.11. The number of aromatic nitrogens is 1. The molecule has 0 unspecified atom stereocenters. The lowest BCUT2D eigenvalue weighted by molar-refractivity contribution is 0.398. The number of azo groups is 1. The van der Waals surface area contributed by atoms with E-state index in [1.165, 1.54) is 0 Å². The Morgan fingerprint density at radius 1 is 0.938 bits per heavy atom. The van der Waals surface area contributed by atoms with Crippen LogP contribution in [-0.4, -0.2) is 42.2 Å². The van der Waals surface area contributed by atoms with E-state index in [9.17, 15) is 5.11 Å². The molecule has 7 nitrogen and oxygen atoms in total. The van der Waals surface area contributed by atoms with Gasteiger partial charge in [0.25, 0.3) is 0 Å². The molecule has 0 atom stereocenters. The molecule has 4 aromatic rings. The molecule has 32 heavy (non-hydrogen) atoms. The van der Waals surface area contributed by atoms with Gasteiger partial charge in [-0.05, 0) is 69.6 Å². The maximum atomic E-state index is 10.1. The number of phenols is 1. The number of aryl methyl sites for hydroxylation is 1. The van der Waals surface area contributed by atoms with Crippen molar-refractivity contribution in [2.24, 2.45) is 10.2 Å². The molecule has 1 aromatic heterocycles. The van der Waals surface area contributed by atoms with Crippen LogP contribution in [-0.2, 0) is 6.54 Å². The Hall–Kier alpha value is -3.55. The molecule has 0 aliphatic heterocycles. The first-order chi connectivity index (χ1) is 15.4. The summed E-state index contributed by atoms with van der Waals surface area (Å²) in [5.41, 5.74) is 12.1. The quantitative estimate of drug-likeness (QED) is 0.217. The average Bonchev–Trinajstić information content (AvgIpc) is 2.77. The first-order valence-electron chi connectivity index (χ1n) is 10.6. The number of hydrogen-bond acceptors (Lipinski definition) is 7. The summed E-state index contributed by atoms with van der Waals surface area (Å²) in [7, 11) is 4.06. The highest BCUT2D eigenvalue weighted by Crippen LogP contribution is 2.32. The highest BCUT2D eigenvalue weighted by molar-refractivity contribution is 6.07. The number of aromatic hydroxyl groups is 1. The Balaban J connectivity index is 1.56. The average molecular weight is 429 g/mol. The summed E-state index contributed by atoms with van der Waals surface area (Å²) in [6.07, 6.45) is 0. The standard InChI is InChI=1S/C25H28N6O/c1-16-4-8-22-21(12-16)25(26)20-7-5-19(14-23(20)28-22)30-29-18-6-9-24(32)17(13-18)15-27-10-11-31(2)3/h4-9,12-14,27,32H,10-11,15H2,1-3H3,(H2,26,28). The van der Waals surface area contributed by atoms with Crippen LogP contribution in [0.25, 0.3) is 21.8 Å². The smallest absolute Gasteiger partial charge is 0.120 e. The zero-order valence-corrected chi connectivity index (χ0v) is 18.6. The number of fused-ring (bicyclic) bond motifs is 2. The predicted molar refractivity (Wildman–Crippen MR) is 131 cm³/mol. The van der Waals surface area contributed by atoms with Gasteiger partial charge in [-0.1, -0.05) is 11.6 Å². The monoisotopic (exact) mass is 428 g/mol. The van der Waals surface area contributed by atoms with Crippen LogP contribution in [0, 0.1) is 6.92 Å². The van der Waals surface area contributed by atoms with Crippen LogP contribution in [0.5, 0.6) is 5.75 Å². The third-order valence-corrected chi connectivity index (χ3v) is 5.35. The molecule has 7 heteroatoms. The zero-order valence-electron chi connectivity index (χ0n) is 18.6. The summed E-state index contributed by atoms with van der Waals surface area (Å²) in [6.45, 7) is 4.37. The highest BCUT2D eigenvalue weighted by atomic mass is 16.3. The van der Waals surface area contributed by atoms with Gasteiger partial charge in [-0.3, -0.25) is 0 Å². The number of rotatable bonds is 7. The number of nitrogens with zero attached hydrogens (tertiary/aromatic N) is 4. The van der Waals surface area contributed by atoms with Gasteiger partial charge in [-0.2, -0.15) is 10.2 Å². The topological polar surface area (TPSA) is 99.1 Å². The van der Waals surface area contributed by atoms with Crippen molar-refractivity contribution < 1.29 is 5.11 Å². The molecule has 0 fully saturated rings. The van der Waals surface area contributed by atoms with Crippen molar-refractivity contribution in [3.8, 4) is 5.75 Å². The largest absolute Gasteiger partial charge is 0.508 e. The Kier molecular flexibility index (Phi) is 6.30. The van der Waals surface area contributed by atoms with Gasteiger partial charge < -0.3 is 21.1 Å². The molecule has 0 saturated heterocycles. The molecule has 1 heterocycles. The summed E-state index contributed by atoms with van der Waals surface area (Å²) in [6, 6.07) is 17.0. The minimum atomic E-state index is 0.244. The summed E-state index contributed by atoms with van der Waals surface area (Å²) in [5, 5.41) is 24.1. The minimum Gasteiger partial charge on any atom is -0.508 e. The number of nitrogens with one attached hydrogen (secondary N) is 1. The third-order valence-electron chi connectivity index (χ3n) is 5.35. The molecular weight excluding hydrogens is 400 g/mol. The number of hydrogen-bond donors (Lipinski definition) is 3. The zero-order chi connectivity index (χ0) is 22.7. The molecule has 0 amide bonds. The fourth-order valence-corrected chi connectivity index (χ4v) is 3.56. The van der Waals surface area contributed by atoms with Gasteiger partial charge in [-0.15, -0.1) is 0 Å². The van der Waals surface area contributed by atoms with Crippen LogP contribution in [0.15, 0.2) is 64.8 Å². The van der Waals surface area contributed by atoms with Crippen molar-refractivity contribution in [1.29, 1.82) is 0 Å². The molecule has 3 aromatic carbocycles. The molecule has 4 rings (SSSR count). The van der Waals surface area contributed by atoms with Crippen LogP contribution in [0.2, 0.25) is 0 Å². The summed E-state index contributed by atoms with van der Waals surface area (Å²) < 4.78 is 0. The van der Waals surface area contributed by atoms with Crippen LogP contribution in [0.1, 0.15) is 11.1 Å². The van der Waals surface area contributed by atoms with Gasteiger partial charge in [0.05, 0.1) is 28.1 Å². The van der Waals surface area contributed by atoms with Crippen LogP contribution in [0.3, 0.4) is 0 Å². The van der Waals surface area contributed by atoms with E-state index in [2.05, 4.69) is 26.5 Å². The molecule has 0 bridgehead atoms. The van der Waals surface area contributed by atoms with Gasteiger partial charge >= 0.3 is 0 Å². The van der Waals surface area contributed by atoms with Gasteiger partial charge in [0.2, 0.25) is 0 Å². The number of nitrogen functional groups attached to an aromatic ring is 1. The lowest BCUT2D eigenvalue weighted by atomic mass is 10.1. The second kappa shape index (κ2) is 9.30. The van der Waals surface area contributed by atoms with Crippen molar-refractivity contribution in [2.75, 3.05) is 32.9 Å². The van der Waals surface area contributed by atoms with Crippen LogP contribution < -0.4 is 11.1 Å². The van der Waals surface area contributed by atoms with Gasteiger partial charge in [0, 0.05) is 36.0 Å². The van der Waals surface area contributed by atoms with E-state index in [0.717, 1.165) is 51.7 Å². The number of nitrogens with two attached hydrogens (primary N) is 1. The van der Waals surface area contributed by atoms with E-state index in [1.807, 2.05) is 57.4 Å². The first kappa shape index (κ1) is 21.7. The SMILES string of the molecule is Cc1ccc2nc3cc(N=Nc4ccc(O)c(CNCCN(C)C)c4)ccc3c(N)c2c1. The maximum Gasteiger partial charge on any atom is 0.120 e. The predicted octanol–water partition coefficient (Wildman–Crippen LogP) is 5.05. The van der Waals surface area contributed by atoms with Crippen LogP contribution in [0.4, 0.5) is 17.1 Å². The Morgan fingerprint density at radius 3 is 2.47 bits per heavy atom. The fraction of sp³-hybridized carbons (Fsp3) is 0.240.